The number of nitrogens with one attached hydrogen (secondary N) is 1. The van der Waals surface area contributed by atoms with E-state index < -0.39 is 0 Å². The minimum Gasteiger partial charge on any atom is -0.497 e. The van der Waals surface area contributed by atoms with Crippen molar-refractivity contribution in [2.75, 3.05) is 53.5 Å². The molecule has 2 amide bonds. The van der Waals surface area contributed by atoms with E-state index in [0.29, 0.717) is 36.7 Å². The number of thiophene rings is 1. The lowest BCUT2D eigenvalue weighted by molar-refractivity contribution is 0.0637. The molecule has 0 radical (unpaired) electrons. The summed E-state index contributed by atoms with van der Waals surface area (Å²) in [5.41, 5.74) is 0.563. The van der Waals surface area contributed by atoms with E-state index in [4.69, 9.17) is 9.47 Å². The number of ether oxygens (including phenoxy) is 2. The van der Waals surface area contributed by atoms with Crippen molar-refractivity contribution in [3.8, 4) is 11.5 Å². The molecule has 0 bridgehead atoms. The van der Waals surface area contributed by atoms with Gasteiger partial charge in [0, 0.05) is 50.9 Å². The van der Waals surface area contributed by atoms with Gasteiger partial charge in [-0.3, -0.25) is 14.5 Å². The number of carbonyl (C=O) groups excluding carboxylic acids is 2. The third kappa shape index (κ3) is 5.02. The Hall–Kier alpha value is -2.58. The molecule has 0 saturated carbocycles. The molecule has 0 atom stereocenters. The molecule has 1 aliphatic heterocycles. The minimum atomic E-state index is -0.0317. The Balaban J connectivity index is 1.47. The Labute approximate surface area is 168 Å². The fourth-order valence-electron chi connectivity index (χ4n) is 3.11. The van der Waals surface area contributed by atoms with Gasteiger partial charge in [0.2, 0.25) is 0 Å². The predicted octanol–water partition coefficient (Wildman–Crippen LogP) is 1.95. The van der Waals surface area contributed by atoms with Crippen LogP contribution in [0.4, 0.5) is 0 Å². The molecule has 28 heavy (non-hydrogen) atoms. The summed E-state index contributed by atoms with van der Waals surface area (Å²) in [5.74, 6) is 1.14. The van der Waals surface area contributed by atoms with Crippen molar-refractivity contribution >= 4 is 23.2 Å². The van der Waals surface area contributed by atoms with Gasteiger partial charge in [-0.1, -0.05) is 6.07 Å². The van der Waals surface area contributed by atoms with E-state index in [-0.39, 0.29) is 11.8 Å². The Morgan fingerprint density at radius 3 is 2.32 bits per heavy atom. The molecule has 0 spiro atoms. The van der Waals surface area contributed by atoms with Gasteiger partial charge in [0.05, 0.1) is 19.1 Å². The van der Waals surface area contributed by atoms with Crippen LogP contribution in [0.1, 0.15) is 20.0 Å². The first-order chi connectivity index (χ1) is 13.6. The second-order valence-corrected chi connectivity index (χ2v) is 7.42. The fraction of sp³-hybridized carbons (Fsp3) is 0.400. The SMILES string of the molecule is COc1cc(OC)cc(C(=O)N2CCN(CCNC(=O)c3cccs3)CC2)c1. The first kappa shape index (κ1) is 20.2. The second kappa shape index (κ2) is 9.57. The highest BCUT2D eigenvalue weighted by Crippen LogP contribution is 2.23. The van der Waals surface area contributed by atoms with Crippen LogP contribution in [0, 0.1) is 0 Å². The first-order valence-electron chi connectivity index (χ1n) is 9.17. The topological polar surface area (TPSA) is 71.1 Å². The van der Waals surface area contributed by atoms with Gasteiger partial charge in [0.15, 0.2) is 0 Å². The number of amides is 2. The quantitative estimate of drug-likeness (QED) is 0.765. The Morgan fingerprint density at radius 1 is 1.07 bits per heavy atom. The van der Waals surface area contributed by atoms with Crippen LogP contribution in [0.15, 0.2) is 35.7 Å². The normalized spacial score (nSPS) is 14.6. The molecule has 1 N–H and O–H groups in total. The van der Waals surface area contributed by atoms with Gasteiger partial charge < -0.3 is 19.7 Å². The molecule has 1 saturated heterocycles. The number of piperazine rings is 1. The number of hydrogen-bond donors (Lipinski definition) is 1. The third-order valence-electron chi connectivity index (χ3n) is 4.72. The van der Waals surface area contributed by atoms with Crippen molar-refractivity contribution in [2.24, 2.45) is 0 Å². The summed E-state index contributed by atoms with van der Waals surface area (Å²) in [7, 11) is 3.14. The van der Waals surface area contributed by atoms with Crippen LogP contribution in [0.3, 0.4) is 0 Å². The second-order valence-electron chi connectivity index (χ2n) is 6.47. The lowest BCUT2D eigenvalue weighted by atomic mass is 10.1. The molecule has 150 valence electrons. The number of methoxy groups -OCH3 is 2. The van der Waals surface area contributed by atoms with Gasteiger partial charge in [-0.05, 0) is 23.6 Å². The molecule has 1 aromatic heterocycles. The van der Waals surface area contributed by atoms with Crippen molar-refractivity contribution in [3.05, 3.63) is 46.2 Å². The first-order valence-corrected chi connectivity index (χ1v) is 10.0. The van der Waals surface area contributed by atoms with E-state index in [1.54, 1.807) is 32.4 Å². The molecule has 2 aromatic rings. The molecular weight excluding hydrogens is 378 g/mol. The molecular formula is C20H25N3O4S. The highest BCUT2D eigenvalue weighted by molar-refractivity contribution is 7.12. The van der Waals surface area contributed by atoms with Crippen LogP contribution in [0.5, 0.6) is 11.5 Å². The Morgan fingerprint density at radius 2 is 1.75 bits per heavy atom. The van der Waals surface area contributed by atoms with E-state index in [1.165, 1.54) is 11.3 Å². The van der Waals surface area contributed by atoms with E-state index in [2.05, 4.69) is 10.2 Å². The lowest BCUT2D eigenvalue weighted by Crippen LogP contribution is -2.50. The Bertz CT molecular complexity index is 780. The fourth-order valence-corrected chi connectivity index (χ4v) is 3.75. The van der Waals surface area contributed by atoms with Gasteiger partial charge in [0.25, 0.3) is 11.8 Å². The number of carbonyl (C=O) groups is 2. The summed E-state index contributed by atoms with van der Waals surface area (Å²) in [6, 6.07) is 8.90. The molecule has 1 fully saturated rings. The van der Waals surface area contributed by atoms with Crippen LogP contribution >= 0.6 is 11.3 Å². The van der Waals surface area contributed by atoms with E-state index >= 15 is 0 Å². The maximum atomic E-state index is 12.8. The average Bonchev–Trinajstić information content (AvgIpc) is 3.28. The van der Waals surface area contributed by atoms with Gasteiger partial charge in [-0.25, -0.2) is 0 Å². The minimum absolute atomic E-state index is 0.0251. The van der Waals surface area contributed by atoms with Crippen LogP contribution in [-0.4, -0.2) is 75.1 Å². The summed E-state index contributed by atoms with van der Waals surface area (Å²) in [6.07, 6.45) is 0. The highest BCUT2D eigenvalue weighted by Gasteiger charge is 2.23. The molecule has 1 aliphatic rings. The summed E-state index contributed by atoms with van der Waals surface area (Å²) in [5, 5.41) is 4.83. The zero-order chi connectivity index (χ0) is 19.9. The molecule has 7 nitrogen and oxygen atoms in total. The number of rotatable bonds is 7. The monoisotopic (exact) mass is 403 g/mol. The van der Waals surface area contributed by atoms with Gasteiger partial charge >= 0.3 is 0 Å². The standard InChI is InChI=1S/C20H25N3O4S/c1-26-16-12-15(13-17(14-16)27-2)20(25)23-9-7-22(8-10-23)6-5-21-19(24)18-4-3-11-28-18/h3-4,11-14H,5-10H2,1-2H3,(H,21,24). The van der Waals surface area contributed by atoms with Gasteiger partial charge in [-0.2, -0.15) is 0 Å². The molecule has 8 heteroatoms. The molecule has 1 aromatic carbocycles. The highest BCUT2D eigenvalue weighted by atomic mass is 32.1. The zero-order valence-electron chi connectivity index (χ0n) is 16.1. The average molecular weight is 404 g/mol. The third-order valence-corrected chi connectivity index (χ3v) is 5.59. The van der Waals surface area contributed by atoms with E-state index in [0.717, 1.165) is 24.5 Å². The van der Waals surface area contributed by atoms with E-state index in [1.807, 2.05) is 22.4 Å². The summed E-state index contributed by atoms with van der Waals surface area (Å²) in [6.45, 7) is 4.22. The van der Waals surface area contributed by atoms with Crippen molar-refractivity contribution < 1.29 is 19.1 Å². The number of nitrogens with zero attached hydrogens (tertiary/aromatic N) is 2. The number of hydrogen-bond acceptors (Lipinski definition) is 6. The van der Waals surface area contributed by atoms with Crippen LogP contribution < -0.4 is 14.8 Å². The summed E-state index contributed by atoms with van der Waals surface area (Å²) in [4.78, 5) is 29.6. The van der Waals surface area contributed by atoms with Crippen molar-refractivity contribution in [2.45, 2.75) is 0 Å². The maximum absolute atomic E-state index is 12.8. The Kier molecular flexibility index (Phi) is 6.89. The van der Waals surface area contributed by atoms with Gasteiger partial charge in [-0.15, -0.1) is 11.3 Å². The van der Waals surface area contributed by atoms with Crippen molar-refractivity contribution in [3.63, 3.8) is 0 Å². The largest absolute Gasteiger partial charge is 0.497 e. The molecule has 3 rings (SSSR count). The lowest BCUT2D eigenvalue weighted by Gasteiger charge is -2.34. The molecule has 0 unspecified atom stereocenters. The molecule has 0 aliphatic carbocycles. The smallest absolute Gasteiger partial charge is 0.261 e. The van der Waals surface area contributed by atoms with Crippen molar-refractivity contribution in [1.29, 1.82) is 0 Å². The van der Waals surface area contributed by atoms with Crippen LogP contribution in [-0.2, 0) is 0 Å². The van der Waals surface area contributed by atoms with Crippen LogP contribution in [0.2, 0.25) is 0 Å². The van der Waals surface area contributed by atoms with Crippen molar-refractivity contribution in [1.82, 2.24) is 15.1 Å². The van der Waals surface area contributed by atoms with Crippen LogP contribution in [0.25, 0.3) is 0 Å². The maximum Gasteiger partial charge on any atom is 0.261 e. The predicted molar refractivity (Wildman–Crippen MR) is 109 cm³/mol. The van der Waals surface area contributed by atoms with Gasteiger partial charge in [0.1, 0.15) is 11.5 Å². The summed E-state index contributed by atoms with van der Waals surface area (Å²) < 4.78 is 10.5. The number of benzene rings is 1. The summed E-state index contributed by atoms with van der Waals surface area (Å²) >= 11 is 1.44. The molecule has 2 heterocycles. The van der Waals surface area contributed by atoms with E-state index in [9.17, 15) is 9.59 Å². The zero-order valence-corrected chi connectivity index (χ0v) is 17.0.